The molecule has 1 aromatic heterocycles. The molecule has 98 valence electrons. The number of nitrogens with zero attached hydrogens (tertiary/aromatic N) is 4. The molecule has 1 aliphatic rings. The van der Waals surface area contributed by atoms with Gasteiger partial charge in [0.1, 0.15) is 0 Å². The van der Waals surface area contributed by atoms with Gasteiger partial charge in [-0.05, 0) is 34.9 Å². The summed E-state index contributed by atoms with van der Waals surface area (Å²) in [6.07, 6.45) is 0.919. The fraction of sp³-hybridized carbons (Fsp3) is 0.385. The number of aromatic nitrogens is 4. The molecule has 2 atom stereocenters. The first-order valence-electron chi connectivity index (χ1n) is 6.25. The zero-order valence-corrected chi connectivity index (χ0v) is 10.6. The van der Waals surface area contributed by atoms with Crippen molar-refractivity contribution >= 4 is 5.97 Å². The normalized spacial score (nSPS) is 21.1. The van der Waals surface area contributed by atoms with Crippen LogP contribution in [0, 0.1) is 11.8 Å². The van der Waals surface area contributed by atoms with Gasteiger partial charge in [0, 0.05) is 0 Å². The zero-order chi connectivity index (χ0) is 13.2. The Morgan fingerprint density at radius 3 is 2.84 bits per heavy atom. The molecule has 0 spiro atoms. The number of esters is 1. The van der Waals surface area contributed by atoms with Crippen molar-refractivity contribution in [3.8, 4) is 5.69 Å². The van der Waals surface area contributed by atoms with E-state index in [1.54, 1.807) is 4.68 Å². The lowest BCUT2D eigenvalue weighted by molar-refractivity contribution is -0.147. The first kappa shape index (κ1) is 11.8. The number of carbonyl (C=O) groups excluding carboxylic acids is 1. The zero-order valence-electron chi connectivity index (χ0n) is 10.6. The SMILES string of the molecule is CC1CC1C(=O)OCc1nnnn1-c1ccccc1. The summed E-state index contributed by atoms with van der Waals surface area (Å²) in [4.78, 5) is 11.7. The molecule has 0 N–H and O–H groups in total. The highest BCUT2D eigenvalue weighted by Gasteiger charge is 2.40. The second-order valence-electron chi connectivity index (χ2n) is 4.77. The Balaban J connectivity index is 1.69. The molecule has 0 saturated heterocycles. The second-order valence-corrected chi connectivity index (χ2v) is 4.77. The Hall–Kier alpha value is -2.24. The van der Waals surface area contributed by atoms with E-state index in [0.29, 0.717) is 11.7 Å². The van der Waals surface area contributed by atoms with Crippen LogP contribution in [0.15, 0.2) is 30.3 Å². The fourth-order valence-corrected chi connectivity index (χ4v) is 1.96. The van der Waals surface area contributed by atoms with Crippen LogP contribution in [0.1, 0.15) is 19.2 Å². The molecule has 0 bridgehead atoms. The smallest absolute Gasteiger partial charge is 0.309 e. The second kappa shape index (κ2) is 4.79. The Kier molecular flexibility index (Phi) is 2.98. The van der Waals surface area contributed by atoms with Gasteiger partial charge in [-0.15, -0.1) is 5.10 Å². The van der Waals surface area contributed by atoms with Gasteiger partial charge in [0.15, 0.2) is 12.4 Å². The highest BCUT2D eigenvalue weighted by atomic mass is 16.5. The van der Waals surface area contributed by atoms with Crippen LogP contribution < -0.4 is 0 Å². The minimum atomic E-state index is -0.157. The van der Waals surface area contributed by atoms with E-state index in [-0.39, 0.29) is 18.5 Å². The lowest BCUT2D eigenvalue weighted by Crippen LogP contribution is -2.11. The average Bonchev–Trinajstić information content (AvgIpc) is 3.00. The van der Waals surface area contributed by atoms with Crippen LogP contribution >= 0.6 is 0 Å². The number of hydrogen-bond acceptors (Lipinski definition) is 5. The number of para-hydroxylation sites is 1. The topological polar surface area (TPSA) is 69.9 Å². The van der Waals surface area contributed by atoms with Gasteiger partial charge in [0.25, 0.3) is 0 Å². The predicted octanol–water partition coefficient (Wildman–Crippen LogP) is 1.36. The van der Waals surface area contributed by atoms with Crippen LogP contribution in [-0.2, 0) is 16.1 Å². The average molecular weight is 258 g/mol. The summed E-state index contributed by atoms with van der Waals surface area (Å²) in [5, 5.41) is 11.4. The van der Waals surface area contributed by atoms with Gasteiger partial charge < -0.3 is 4.74 Å². The van der Waals surface area contributed by atoms with Crippen LogP contribution in [0.2, 0.25) is 0 Å². The van der Waals surface area contributed by atoms with Gasteiger partial charge in [0.2, 0.25) is 0 Å². The van der Waals surface area contributed by atoms with Crippen LogP contribution in [-0.4, -0.2) is 26.2 Å². The van der Waals surface area contributed by atoms with E-state index < -0.39 is 0 Å². The van der Waals surface area contributed by atoms with Crippen LogP contribution in [0.25, 0.3) is 5.69 Å². The highest BCUT2D eigenvalue weighted by molar-refractivity contribution is 5.75. The van der Waals surface area contributed by atoms with Crippen molar-refractivity contribution in [2.75, 3.05) is 0 Å². The minimum absolute atomic E-state index is 0.0565. The summed E-state index contributed by atoms with van der Waals surface area (Å²) < 4.78 is 6.81. The van der Waals surface area contributed by atoms with E-state index in [2.05, 4.69) is 15.5 Å². The quantitative estimate of drug-likeness (QED) is 0.774. The molecular formula is C13H14N4O2. The van der Waals surface area contributed by atoms with Gasteiger partial charge in [-0.2, -0.15) is 4.68 Å². The summed E-state index contributed by atoms with van der Waals surface area (Å²) in [7, 11) is 0. The molecule has 6 heteroatoms. The lowest BCUT2D eigenvalue weighted by Gasteiger charge is -2.05. The van der Waals surface area contributed by atoms with E-state index in [0.717, 1.165) is 12.1 Å². The van der Waals surface area contributed by atoms with Crippen molar-refractivity contribution in [1.82, 2.24) is 20.2 Å². The monoisotopic (exact) mass is 258 g/mol. The van der Waals surface area contributed by atoms with Gasteiger partial charge in [-0.1, -0.05) is 25.1 Å². The summed E-state index contributed by atoms with van der Waals surface area (Å²) in [5.41, 5.74) is 0.846. The maximum absolute atomic E-state index is 11.7. The molecule has 1 heterocycles. The number of carbonyl (C=O) groups is 1. The molecule has 1 fully saturated rings. The first-order chi connectivity index (χ1) is 9.25. The van der Waals surface area contributed by atoms with Crippen LogP contribution in [0.4, 0.5) is 0 Å². The van der Waals surface area contributed by atoms with Gasteiger partial charge in [0.05, 0.1) is 11.6 Å². The Labute approximate surface area is 110 Å². The van der Waals surface area contributed by atoms with Gasteiger partial charge >= 0.3 is 5.97 Å². The van der Waals surface area contributed by atoms with Gasteiger partial charge in [-0.25, -0.2) is 0 Å². The molecule has 3 rings (SSSR count). The van der Waals surface area contributed by atoms with Crippen molar-refractivity contribution in [2.24, 2.45) is 11.8 Å². The van der Waals surface area contributed by atoms with Crippen molar-refractivity contribution in [1.29, 1.82) is 0 Å². The van der Waals surface area contributed by atoms with Crippen LogP contribution in [0.3, 0.4) is 0 Å². The third kappa shape index (κ3) is 2.47. The third-order valence-corrected chi connectivity index (χ3v) is 3.29. The number of tetrazole rings is 1. The molecule has 1 aromatic carbocycles. The fourth-order valence-electron chi connectivity index (χ4n) is 1.96. The minimum Gasteiger partial charge on any atom is -0.457 e. The molecule has 19 heavy (non-hydrogen) atoms. The molecule has 2 unspecified atom stereocenters. The van der Waals surface area contributed by atoms with Crippen molar-refractivity contribution in [2.45, 2.75) is 20.0 Å². The molecule has 0 radical (unpaired) electrons. The summed E-state index contributed by atoms with van der Waals surface area (Å²) in [5.74, 6) is 0.863. The summed E-state index contributed by atoms with van der Waals surface area (Å²) in [6, 6.07) is 9.51. The summed E-state index contributed by atoms with van der Waals surface area (Å²) >= 11 is 0. The summed E-state index contributed by atoms with van der Waals surface area (Å²) in [6.45, 7) is 2.14. The number of hydrogen-bond donors (Lipinski definition) is 0. The standard InChI is InChI=1S/C13H14N4O2/c1-9-7-11(9)13(18)19-8-12-14-15-16-17(12)10-5-3-2-4-6-10/h2-6,9,11H,7-8H2,1H3. The van der Waals surface area contributed by atoms with Crippen molar-refractivity contribution in [3.63, 3.8) is 0 Å². The molecule has 2 aromatic rings. The Morgan fingerprint density at radius 1 is 1.42 bits per heavy atom. The first-order valence-corrected chi connectivity index (χ1v) is 6.25. The predicted molar refractivity (Wildman–Crippen MR) is 66.2 cm³/mol. The van der Waals surface area contributed by atoms with Crippen molar-refractivity contribution < 1.29 is 9.53 Å². The third-order valence-electron chi connectivity index (χ3n) is 3.29. The molecule has 1 aliphatic carbocycles. The van der Waals surface area contributed by atoms with Crippen LogP contribution in [0.5, 0.6) is 0 Å². The molecule has 0 aliphatic heterocycles. The number of ether oxygens (including phenoxy) is 1. The van der Waals surface area contributed by atoms with E-state index in [4.69, 9.17) is 4.74 Å². The maximum Gasteiger partial charge on any atom is 0.309 e. The van der Waals surface area contributed by atoms with Crippen molar-refractivity contribution in [3.05, 3.63) is 36.2 Å². The molecule has 6 nitrogen and oxygen atoms in total. The Morgan fingerprint density at radius 2 is 2.16 bits per heavy atom. The van der Waals surface area contributed by atoms with E-state index in [9.17, 15) is 4.79 Å². The maximum atomic E-state index is 11.7. The Bertz CT molecular complexity index is 581. The van der Waals surface area contributed by atoms with E-state index in [1.807, 2.05) is 37.3 Å². The highest BCUT2D eigenvalue weighted by Crippen LogP contribution is 2.38. The van der Waals surface area contributed by atoms with E-state index >= 15 is 0 Å². The molecule has 0 amide bonds. The number of benzene rings is 1. The largest absolute Gasteiger partial charge is 0.457 e. The lowest BCUT2D eigenvalue weighted by atomic mass is 10.3. The number of rotatable bonds is 4. The van der Waals surface area contributed by atoms with Gasteiger partial charge in [-0.3, -0.25) is 4.79 Å². The van der Waals surface area contributed by atoms with E-state index in [1.165, 1.54) is 0 Å². The molecular weight excluding hydrogens is 244 g/mol. The molecule has 1 saturated carbocycles.